The second-order valence-electron chi connectivity index (χ2n) is 9.26. The van der Waals surface area contributed by atoms with E-state index in [9.17, 15) is 4.79 Å². The van der Waals surface area contributed by atoms with Crippen molar-refractivity contribution >= 4 is 5.97 Å². The fourth-order valence-electron chi connectivity index (χ4n) is 3.70. The molecule has 1 unspecified atom stereocenters. The molecular formula is C26H36N2O3. The Morgan fingerprint density at radius 1 is 0.935 bits per heavy atom. The summed E-state index contributed by atoms with van der Waals surface area (Å²) < 4.78 is 11.2. The smallest absolute Gasteiger partial charge is 0.315 e. The fourth-order valence-corrected chi connectivity index (χ4v) is 3.70. The van der Waals surface area contributed by atoms with Gasteiger partial charge in [0.1, 0.15) is 5.75 Å². The number of esters is 1. The number of rotatable bonds is 13. The molecule has 1 aromatic heterocycles. The lowest BCUT2D eigenvalue weighted by Crippen LogP contribution is -2.13. The van der Waals surface area contributed by atoms with Crippen molar-refractivity contribution in [3.63, 3.8) is 0 Å². The number of ether oxygens (including phenoxy) is 2. The van der Waals surface area contributed by atoms with Crippen LogP contribution in [0.2, 0.25) is 0 Å². The predicted octanol–water partition coefficient (Wildman–Crippen LogP) is 6.61. The number of hydrogen-bond donors (Lipinski definition) is 0. The van der Waals surface area contributed by atoms with E-state index in [1.165, 1.54) is 44.9 Å². The zero-order valence-corrected chi connectivity index (χ0v) is 19.2. The lowest BCUT2D eigenvalue weighted by molar-refractivity contribution is -0.136. The molecule has 3 rings (SSSR count). The van der Waals surface area contributed by atoms with Crippen LogP contribution in [0.15, 0.2) is 36.7 Å². The molecule has 1 aliphatic carbocycles. The van der Waals surface area contributed by atoms with Crippen LogP contribution < -0.4 is 9.47 Å². The van der Waals surface area contributed by atoms with E-state index >= 15 is 0 Å². The maximum atomic E-state index is 12.1. The van der Waals surface area contributed by atoms with Crippen LogP contribution in [-0.2, 0) is 4.79 Å². The van der Waals surface area contributed by atoms with E-state index in [4.69, 9.17) is 9.47 Å². The van der Waals surface area contributed by atoms with E-state index in [2.05, 4.69) is 30.7 Å². The number of nitrogens with zero attached hydrogens (tertiary/aromatic N) is 2. The molecule has 168 valence electrons. The topological polar surface area (TPSA) is 61.3 Å². The zero-order valence-electron chi connectivity index (χ0n) is 19.2. The van der Waals surface area contributed by atoms with Gasteiger partial charge in [-0.1, -0.05) is 65.7 Å². The van der Waals surface area contributed by atoms with Crippen molar-refractivity contribution in [1.29, 1.82) is 0 Å². The van der Waals surface area contributed by atoms with Gasteiger partial charge in [0, 0.05) is 5.56 Å². The highest BCUT2D eigenvalue weighted by Crippen LogP contribution is 2.52. The number of aromatic nitrogens is 2. The number of carbonyl (C=O) groups is 1. The molecule has 0 spiro atoms. The van der Waals surface area contributed by atoms with E-state index in [0.29, 0.717) is 11.6 Å². The monoisotopic (exact) mass is 424 g/mol. The number of carbonyl (C=O) groups excluding carboxylic acids is 1. The van der Waals surface area contributed by atoms with Gasteiger partial charge in [0.15, 0.2) is 11.6 Å². The summed E-state index contributed by atoms with van der Waals surface area (Å²) in [6.07, 6.45) is 14.3. The molecular weight excluding hydrogens is 388 g/mol. The van der Waals surface area contributed by atoms with E-state index in [-0.39, 0.29) is 17.3 Å². The summed E-state index contributed by atoms with van der Waals surface area (Å²) in [4.78, 5) is 20.8. The number of benzene rings is 1. The predicted molar refractivity (Wildman–Crippen MR) is 123 cm³/mol. The van der Waals surface area contributed by atoms with Crippen LogP contribution in [0, 0.1) is 11.3 Å². The van der Waals surface area contributed by atoms with Gasteiger partial charge >= 0.3 is 5.97 Å². The van der Waals surface area contributed by atoms with Gasteiger partial charge in [-0.05, 0) is 42.5 Å². The van der Waals surface area contributed by atoms with Crippen LogP contribution in [0.3, 0.4) is 0 Å². The van der Waals surface area contributed by atoms with Crippen LogP contribution in [0.4, 0.5) is 0 Å². The molecule has 1 atom stereocenters. The lowest BCUT2D eigenvalue weighted by atomic mass is 10.1. The molecule has 0 radical (unpaired) electrons. The van der Waals surface area contributed by atoms with Crippen molar-refractivity contribution in [2.45, 2.75) is 78.6 Å². The second-order valence-corrected chi connectivity index (χ2v) is 9.26. The molecule has 31 heavy (non-hydrogen) atoms. The summed E-state index contributed by atoms with van der Waals surface area (Å²) in [6.45, 7) is 7.15. The van der Waals surface area contributed by atoms with Crippen LogP contribution in [0.1, 0.15) is 78.6 Å². The first-order valence-corrected chi connectivity index (χ1v) is 11.8. The molecule has 1 heterocycles. The molecule has 0 N–H and O–H groups in total. The molecule has 0 bridgehead atoms. The van der Waals surface area contributed by atoms with Crippen LogP contribution >= 0.6 is 0 Å². The molecule has 5 nitrogen and oxygen atoms in total. The quantitative estimate of drug-likeness (QED) is 0.267. The molecule has 1 saturated carbocycles. The van der Waals surface area contributed by atoms with Gasteiger partial charge in [-0.3, -0.25) is 4.79 Å². The number of hydrogen-bond acceptors (Lipinski definition) is 5. The van der Waals surface area contributed by atoms with Crippen molar-refractivity contribution < 1.29 is 14.3 Å². The molecule has 0 amide bonds. The minimum Gasteiger partial charge on any atom is -0.494 e. The van der Waals surface area contributed by atoms with Crippen molar-refractivity contribution in [3.05, 3.63) is 36.7 Å². The lowest BCUT2D eigenvalue weighted by Gasteiger charge is -2.08. The zero-order chi connectivity index (χ0) is 22.1. The van der Waals surface area contributed by atoms with Crippen molar-refractivity contribution in [3.8, 4) is 22.9 Å². The largest absolute Gasteiger partial charge is 0.494 e. The first kappa shape index (κ1) is 23.2. The van der Waals surface area contributed by atoms with Gasteiger partial charge in [0.25, 0.3) is 0 Å². The van der Waals surface area contributed by atoms with Gasteiger partial charge in [-0.2, -0.15) is 0 Å². The number of unbranched alkanes of at least 4 members (excludes halogenated alkanes) is 7. The Bertz CT molecular complexity index is 816. The summed E-state index contributed by atoms with van der Waals surface area (Å²) in [5.74, 6) is 1.64. The molecule has 0 saturated heterocycles. The summed E-state index contributed by atoms with van der Waals surface area (Å²) >= 11 is 0. The maximum Gasteiger partial charge on any atom is 0.315 e. The Hall–Kier alpha value is -2.43. The van der Waals surface area contributed by atoms with Crippen molar-refractivity contribution in [2.75, 3.05) is 6.61 Å². The van der Waals surface area contributed by atoms with Crippen LogP contribution in [0.5, 0.6) is 11.5 Å². The molecule has 2 aromatic rings. The average molecular weight is 425 g/mol. The van der Waals surface area contributed by atoms with Crippen molar-refractivity contribution in [1.82, 2.24) is 9.97 Å². The molecule has 0 aliphatic heterocycles. The first-order chi connectivity index (χ1) is 15.0. The van der Waals surface area contributed by atoms with Gasteiger partial charge in [0.05, 0.1) is 24.9 Å². The Morgan fingerprint density at radius 3 is 2.10 bits per heavy atom. The highest BCUT2D eigenvalue weighted by Gasteiger charge is 2.51. The second kappa shape index (κ2) is 11.3. The van der Waals surface area contributed by atoms with E-state index in [1.54, 1.807) is 12.4 Å². The maximum absolute atomic E-state index is 12.1. The molecule has 1 aromatic carbocycles. The van der Waals surface area contributed by atoms with Gasteiger partial charge in [-0.25, -0.2) is 9.97 Å². The average Bonchev–Trinajstić information content (AvgIpc) is 3.42. The normalized spacial score (nSPS) is 16.7. The highest BCUT2D eigenvalue weighted by atomic mass is 16.5. The Morgan fingerprint density at radius 2 is 1.52 bits per heavy atom. The van der Waals surface area contributed by atoms with Gasteiger partial charge < -0.3 is 9.47 Å². The molecule has 5 heteroatoms. The van der Waals surface area contributed by atoms with Gasteiger partial charge in [0.2, 0.25) is 0 Å². The van der Waals surface area contributed by atoms with E-state index < -0.39 is 0 Å². The third-order valence-corrected chi connectivity index (χ3v) is 6.02. The Labute approximate surface area is 186 Å². The third kappa shape index (κ3) is 7.34. The highest BCUT2D eigenvalue weighted by molar-refractivity contribution is 5.78. The van der Waals surface area contributed by atoms with Crippen LogP contribution in [-0.4, -0.2) is 22.5 Å². The van der Waals surface area contributed by atoms with Gasteiger partial charge in [-0.15, -0.1) is 0 Å². The summed E-state index contributed by atoms with van der Waals surface area (Å²) in [5, 5.41) is 0. The first-order valence-electron chi connectivity index (χ1n) is 11.8. The van der Waals surface area contributed by atoms with Crippen molar-refractivity contribution in [2.24, 2.45) is 11.3 Å². The summed E-state index contributed by atoms with van der Waals surface area (Å²) in [7, 11) is 0. The Balaban J connectivity index is 1.37. The third-order valence-electron chi connectivity index (χ3n) is 6.02. The fraction of sp³-hybridized carbons (Fsp3) is 0.577. The van der Waals surface area contributed by atoms with E-state index in [1.807, 2.05) is 24.3 Å². The standard InChI is InChI=1S/C26H36N2O3/c1-4-5-6-7-8-9-10-11-16-30-21-14-12-20(13-15-21)24-27-18-22(19-28-24)31-25(29)23-17-26(23,2)3/h12-15,18-19,23H,4-11,16-17H2,1-3H3. The Kier molecular flexibility index (Phi) is 8.44. The SMILES string of the molecule is CCCCCCCCCCOc1ccc(-c2ncc(OC(=O)C3CC3(C)C)cn2)cc1. The minimum atomic E-state index is -0.195. The van der Waals surface area contributed by atoms with E-state index in [0.717, 1.165) is 30.8 Å². The molecule has 1 aliphatic rings. The van der Waals surface area contributed by atoms with Crippen LogP contribution in [0.25, 0.3) is 11.4 Å². The summed E-state index contributed by atoms with van der Waals surface area (Å²) in [5.41, 5.74) is 0.955. The molecule has 1 fully saturated rings. The minimum absolute atomic E-state index is 0.0227. The summed E-state index contributed by atoms with van der Waals surface area (Å²) in [6, 6.07) is 7.81.